The molecule has 0 atom stereocenters. The normalized spacial score (nSPS) is 19.2. The second kappa shape index (κ2) is 8.52. The average molecular weight is 404 g/mol. The van der Waals surface area contributed by atoms with Crippen LogP contribution in [0.3, 0.4) is 0 Å². The van der Waals surface area contributed by atoms with Crippen LogP contribution in [0.4, 0.5) is 4.79 Å². The summed E-state index contributed by atoms with van der Waals surface area (Å²) < 4.78 is 10.7. The van der Waals surface area contributed by atoms with E-state index in [9.17, 15) is 9.59 Å². The minimum Gasteiger partial charge on any atom is -0.434 e. The Morgan fingerprint density at radius 3 is 2.38 bits per heavy atom. The molecule has 0 aliphatic carbocycles. The van der Waals surface area contributed by atoms with Crippen molar-refractivity contribution >= 4 is 17.6 Å². The highest BCUT2D eigenvalue weighted by Crippen LogP contribution is 2.47. The molecule has 1 saturated heterocycles. The first-order valence-corrected chi connectivity index (χ1v) is 9.72. The van der Waals surface area contributed by atoms with Gasteiger partial charge in [-0.15, -0.1) is 0 Å². The number of hydroxylamine groups is 4. The molecule has 2 aliphatic heterocycles. The Kier molecular flexibility index (Phi) is 6.26. The second-order valence-electron chi connectivity index (χ2n) is 7.23. The highest BCUT2D eigenvalue weighted by atomic mass is 16.7. The molecule has 158 valence electrons. The average Bonchev–Trinajstić information content (AvgIpc) is 2.90. The van der Waals surface area contributed by atoms with Gasteiger partial charge in [0, 0.05) is 13.1 Å². The van der Waals surface area contributed by atoms with Crippen molar-refractivity contribution in [2.75, 3.05) is 33.9 Å². The standard InChI is InChI=1S/C21H28N2O6/c1-6-28-20(25)29-18-17(16-8-7-14(2)13-15(16)3)19(24)23(27-5)21(18)9-11-22(26-4)12-10-21/h7-8,13H,6,9-12H2,1-5H3. The molecule has 2 aliphatic rings. The van der Waals surface area contributed by atoms with Crippen molar-refractivity contribution in [3.8, 4) is 0 Å². The number of ether oxygens (including phenoxy) is 2. The molecule has 2 heterocycles. The summed E-state index contributed by atoms with van der Waals surface area (Å²) >= 11 is 0. The van der Waals surface area contributed by atoms with Crippen LogP contribution in [0.2, 0.25) is 0 Å². The van der Waals surface area contributed by atoms with Gasteiger partial charge in [-0.05, 0) is 44.7 Å². The zero-order valence-corrected chi connectivity index (χ0v) is 17.6. The molecule has 0 unspecified atom stereocenters. The van der Waals surface area contributed by atoms with E-state index in [1.54, 1.807) is 19.1 Å². The van der Waals surface area contributed by atoms with Crippen LogP contribution in [0.1, 0.15) is 36.5 Å². The lowest BCUT2D eigenvalue weighted by molar-refractivity contribution is -0.221. The fraction of sp³-hybridized carbons (Fsp3) is 0.524. The van der Waals surface area contributed by atoms with Crippen molar-refractivity contribution in [2.45, 2.75) is 39.2 Å². The number of nitrogens with zero attached hydrogens (tertiary/aromatic N) is 2. The second-order valence-corrected chi connectivity index (χ2v) is 7.23. The van der Waals surface area contributed by atoms with Gasteiger partial charge in [0.2, 0.25) is 0 Å². The summed E-state index contributed by atoms with van der Waals surface area (Å²) in [5.74, 6) is -0.0462. The molecular formula is C21H28N2O6. The maximum absolute atomic E-state index is 13.4. The number of amides is 1. The summed E-state index contributed by atoms with van der Waals surface area (Å²) in [6.07, 6.45) is 0.150. The predicted molar refractivity (Wildman–Crippen MR) is 105 cm³/mol. The number of carbonyl (C=O) groups excluding carboxylic acids is 2. The first kappa shape index (κ1) is 21.3. The van der Waals surface area contributed by atoms with Crippen LogP contribution in [0.25, 0.3) is 5.57 Å². The van der Waals surface area contributed by atoms with Gasteiger partial charge in [0.05, 0.1) is 26.4 Å². The SMILES string of the molecule is CCOC(=O)OC1=C(c2ccc(C)cc2C)C(=O)N(OC)C12CCN(OC)CC2. The van der Waals surface area contributed by atoms with Crippen molar-refractivity contribution in [3.63, 3.8) is 0 Å². The zero-order valence-electron chi connectivity index (χ0n) is 17.6. The summed E-state index contributed by atoms with van der Waals surface area (Å²) in [5, 5.41) is 3.14. The van der Waals surface area contributed by atoms with E-state index in [0.717, 1.165) is 11.1 Å². The molecule has 0 N–H and O–H groups in total. The molecule has 1 spiro atoms. The van der Waals surface area contributed by atoms with Crippen LogP contribution in [0, 0.1) is 13.8 Å². The van der Waals surface area contributed by atoms with Crippen LogP contribution in [0.5, 0.6) is 0 Å². The molecular weight excluding hydrogens is 376 g/mol. The molecule has 1 amide bonds. The van der Waals surface area contributed by atoms with E-state index in [1.165, 1.54) is 12.2 Å². The van der Waals surface area contributed by atoms with E-state index < -0.39 is 11.7 Å². The smallest absolute Gasteiger partial charge is 0.434 e. The summed E-state index contributed by atoms with van der Waals surface area (Å²) in [6.45, 7) is 6.91. The highest BCUT2D eigenvalue weighted by molar-refractivity contribution is 6.23. The Morgan fingerprint density at radius 2 is 1.83 bits per heavy atom. The monoisotopic (exact) mass is 404 g/mol. The van der Waals surface area contributed by atoms with E-state index in [-0.39, 0.29) is 18.3 Å². The Labute approximate surface area is 170 Å². The van der Waals surface area contributed by atoms with Gasteiger partial charge >= 0.3 is 6.16 Å². The predicted octanol–water partition coefficient (Wildman–Crippen LogP) is 2.99. The molecule has 0 radical (unpaired) electrons. The van der Waals surface area contributed by atoms with Crippen LogP contribution >= 0.6 is 0 Å². The number of rotatable bonds is 5. The molecule has 0 saturated carbocycles. The van der Waals surface area contributed by atoms with Crippen LogP contribution in [-0.2, 0) is 23.9 Å². The molecule has 8 heteroatoms. The van der Waals surface area contributed by atoms with Crippen molar-refractivity contribution in [1.82, 2.24) is 10.1 Å². The molecule has 0 aromatic heterocycles. The number of hydrogen-bond acceptors (Lipinski definition) is 7. The first-order valence-electron chi connectivity index (χ1n) is 9.72. The van der Waals surface area contributed by atoms with Gasteiger partial charge in [0.15, 0.2) is 5.76 Å². The van der Waals surface area contributed by atoms with Gasteiger partial charge in [0.1, 0.15) is 5.54 Å². The fourth-order valence-corrected chi connectivity index (χ4v) is 4.15. The summed E-state index contributed by atoms with van der Waals surface area (Å²) in [5.41, 5.74) is 2.15. The van der Waals surface area contributed by atoms with Crippen molar-refractivity contribution < 1.29 is 28.7 Å². The maximum atomic E-state index is 13.4. The number of benzene rings is 1. The summed E-state index contributed by atoms with van der Waals surface area (Å²) in [7, 11) is 3.06. The quantitative estimate of drug-likeness (QED) is 0.698. The van der Waals surface area contributed by atoms with Gasteiger partial charge < -0.3 is 14.3 Å². The van der Waals surface area contributed by atoms with Crippen LogP contribution in [0.15, 0.2) is 24.0 Å². The molecule has 1 aromatic rings. The molecule has 8 nitrogen and oxygen atoms in total. The Balaban J connectivity index is 2.16. The van der Waals surface area contributed by atoms with Crippen LogP contribution in [-0.4, -0.2) is 61.6 Å². The number of carbonyl (C=O) groups is 2. The highest BCUT2D eigenvalue weighted by Gasteiger charge is 2.56. The lowest BCUT2D eigenvalue weighted by Crippen LogP contribution is -2.55. The van der Waals surface area contributed by atoms with Gasteiger partial charge in [-0.1, -0.05) is 23.8 Å². The summed E-state index contributed by atoms with van der Waals surface area (Å²) in [4.78, 5) is 36.5. The van der Waals surface area contributed by atoms with Gasteiger partial charge in [-0.3, -0.25) is 9.63 Å². The Morgan fingerprint density at radius 1 is 1.14 bits per heavy atom. The topological polar surface area (TPSA) is 77.5 Å². The summed E-state index contributed by atoms with van der Waals surface area (Å²) in [6, 6.07) is 5.80. The van der Waals surface area contributed by atoms with Crippen LogP contribution < -0.4 is 0 Å². The van der Waals surface area contributed by atoms with E-state index in [0.29, 0.717) is 37.1 Å². The third-order valence-corrected chi connectivity index (χ3v) is 5.53. The maximum Gasteiger partial charge on any atom is 0.513 e. The van der Waals surface area contributed by atoms with E-state index in [1.807, 2.05) is 32.0 Å². The molecule has 1 fully saturated rings. The molecule has 3 rings (SSSR count). The van der Waals surface area contributed by atoms with Crippen molar-refractivity contribution in [3.05, 3.63) is 40.6 Å². The lowest BCUT2D eigenvalue weighted by atomic mass is 9.85. The third-order valence-electron chi connectivity index (χ3n) is 5.53. The van der Waals surface area contributed by atoms with Gasteiger partial charge in [-0.2, -0.15) is 5.06 Å². The molecule has 0 bridgehead atoms. The van der Waals surface area contributed by atoms with E-state index >= 15 is 0 Å². The van der Waals surface area contributed by atoms with E-state index in [2.05, 4.69) is 0 Å². The number of aryl methyl sites for hydroxylation is 2. The van der Waals surface area contributed by atoms with E-state index in [4.69, 9.17) is 19.1 Å². The Hall–Kier alpha value is -2.42. The minimum absolute atomic E-state index is 0.178. The third kappa shape index (κ3) is 3.75. The Bertz CT molecular complexity index is 826. The fourth-order valence-electron chi connectivity index (χ4n) is 4.15. The van der Waals surface area contributed by atoms with Crippen molar-refractivity contribution in [2.24, 2.45) is 0 Å². The lowest BCUT2D eigenvalue weighted by Gasteiger charge is -2.42. The zero-order chi connectivity index (χ0) is 21.2. The van der Waals surface area contributed by atoms with Crippen molar-refractivity contribution in [1.29, 1.82) is 0 Å². The number of piperidine rings is 1. The minimum atomic E-state index is -0.902. The molecule has 29 heavy (non-hydrogen) atoms. The first-order chi connectivity index (χ1) is 13.9. The number of hydrogen-bond donors (Lipinski definition) is 0. The largest absolute Gasteiger partial charge is 0.513 e. The van der Waals surface area contributed by atoms with Gasteiger partial charge in [-0.25, -0.2) is 9.86 Å². The van der Waals surface area contributed by atoms with Gasteiger partial charge in [0.25, 0.3) is 5.91 Å². The molecule has 1 aromatic carbocycles.